The number of carbonyl (C=O) groups is 1. The van der Waals surface area contributed by atoms with Crippen molar-refractivity contribution in [3.63, 3.8) is 0 Å². The molecular weight excluding hydrogens is 291 g/mol. The summed E-state index contributed by atoms with van der Waals surface area (Å²) in [6.07, 6.45) is 0. The van der Waals surface area contributed by atoms with Crippen LogP contribution in [0.5, 0.6) is 0 Å². The molecule has 2 N–H and O–H groups in total. The molecule has 0 aliphatic carbocycles. The van der Waals surface area contributed by atoms with Gasteiger partial charge in [-0.05, 0) is 36.8 Å². The Kier molecular flexibility index (Phi) is 5.17. The van der Waals surface area contributed by atoms with E-state index >= 15 is 0 Å². The first kappa shape index (κ1) is 15.3. The van der Waals surface area contributed by atoms with Crippen molar-refractivity contribution in [2.45, 2.75) is 13.0 Å². The lowest BCUT2D eigenvalue weighted by molar-refractivity contribution is -0.120. The lowest BCUT2D eigenvalue weighted by atomic mass is 10.1. The standard InChI is InChI=1S/C16H16ClFN2O/c1-11(12-6-8-13(18)9-7-12)20-16(21)10-19-15-5-3-2-4-14(15)17/h2-9,11,19H,10H2,1H3,(H,20,21). The van der Waals surface area contributed by atoms with Crippen LogP contribution in [0.25, 0.3) is 0 Å². The Morgan fingerprint density at radius 2 is 1.86 bits per heavy atom. The Bertz CT molecular complexity index is 616. The number of nitrogens with one attached hydrogen (secondary N) is 2. The van der Waals surface area contributed by atoms with E-state index in [1.54, 1.807) is 24.3 Å². The molecule has 3 nitrogen and oxygen atoms in total. The molecule has 0 radical (unpaired) electrons. The smallest absolute Gasteiger partial charge is 0.239 e. The maximum atomic E-state index is 12.8. The highest BCUT2D eigenvalue weighted by Crippen LogP contribution is 2.20. The van der Waals surface area contributed by atoms with E-state index < -0.39 is 0 Å². The molecule has 0 spiro atoms. The zero-order valence-electron chi connectivity index (χ0n) is 11.6. The molecule has 1 amide bonds. The van der Waals surface area contributed by atoms with Crippen molar-refractivity contribution in [1.29, 1.82) is 0 Å². The average Bonchev–Trinajstić information content (AvgIpc) is 2.47. The first-order chi connectivity index (χ1) is 10.1. The SMILES string of the molecule is CC(NC(=O)CNc1ccccc1Cl)c1ccc(F)cc1. The maximum absolute atomic E-state index is 12.8. The number of anilines is 1. The van der Waals surface area contributed by atoms with Gasteiger partial charge in [0.05, 0.1) is 23.3 Å². The van der Waals surface area contributed by atoms with Crippen molar-refractivity contribution in [3.8, 4) is 0 Å². The second-order valence-corrected chi connectivity index (χ2v) is 5.08. The molecular formula is C16H16ClFN2O. The predicted molar refractivity (Wildman–Crippen MR) is 82.9 cm³/mol. The van der Waals surface area contributed by atoms with Gasteiger partial charge in [-0.15, -0.1) is 0 Å². The van der Waals surface area contributed by atoms with Gasteiger partial charge in [0.2, 0.25) is 5.91 Å². The number of benzene rings is 2. The molecule has 0 fully saturated rings. The van der Waals surface area contributed by atoms with Crippen molar-refractivity contribution < 1.29 is 9.18 Å². The third-order valence-electron chi connectivity index (χ3n) is 3.06. The summed E-state index contributed by atoms with van der Waals surface area (Å²) in [6, 6.07) is 13.1. The third-order valence-corrected chi connectivity index (χ3v) is 3.39. The fourth-order valence-electron chi connectivity index (χ4n) is 1.91. The second-order valence-electron chi connectivity index (χ2n) is 4.67. The number of halogens is 2. The van der Waals surface area contributed by atoms with Crippen LogP contribution in [0.4, 0.5) is 10.1 Å². The summed E-state index contributed by atoms with van der Waals surface area (Å²) in [5.74, 6) is -0.454. The molecule has 0 saturated heterocycles. The summed E-state index contributed by atoms with van der Waals surface area (Å²) in [5, 5.41) is 6.38. The first-order valence-electron chi connectivity index (χ1n) is 6.59. The third kappa shape index (κ3) is 4.46. The predicted octanol–water partition coefficient (Wildman–Crippen LogP) is 3.77. The van der Waals surface area contributed by atoms with Crippen LogP contribution < -0.4 is 10.6 Å². The molecule has 1 atom stereocenters. The van der Waals surface area contributed by atoms with Crippen LogP contribution in [-0.2, 0) is 4.79 Å². The van der Waals surface area contributed by atoms with Crippen molar-refractivity contribution in [1.82, 2.24) is 5.32 Å². The summed E-state index contributed by atoms with van der Waals surface area (Å²) >= 11 is 5.99. The molecule has 0 aromatic heterocycles. The van der Waals surface area contributed by atoms with Gasteiger partial charge in [-0.1, -0.05) is 35.9 Å². The van der Waals surface area contributed by atoms with E-state index in [1.165, 1.54) is 12.1 Å². The Morgan fingerprint density at radius 3 is 2.52 bits per heavy atom. The van der Waals surface area contributed by atoms with Crippen molar-refractivity contribution >= 4 is 23.2 Å². The number of hydrogen-bond donors (Lipinski definition) is 2. The van der Waals surface area contributed by atoms with Crippen LogP contribution in [0.1, 0.15) is 18.5 Å². The first-order valence-corrected chi connectivity index (χ1v) is 6.97. The van der Waals surface area contributed by atoms with Crippen LogP contribution in [0.3, 0.4) is 0 Å². The van der Waals surface area contributed by atoms with Crippen molar-refractivity contribution in [2.75, 3.05) is 11.9 Å². The molecule has 0 heterocycles. The van der Waals surface area contributed by atoms with E-state index in [-0.39, 0.29) is 24.3 Å². The summed E-state index contributed by atoms with van der Waals surface area (Å²) in [4.78, 5) is 11.9. The quantitative estimate of drug-likeness (QED) is 0.883. The number of amides is 1. The number of para-hydroxylation sites is 1. The number of hydrogen-bond acceptors (Lipinski definition) is 2. The Morgan fingerprint density at radius 1 is 1.19 bits per heavy atom. The Balaban J connectivity index is 1.87. The minimum Gasteiger partial charge on any atom is -0.375 e. The van der Waals surface area contributed by atoms with Gasteiger partial charge < -0.3 is 10.6 Å². The van der Waals surface area contributed by atoms with Crippen molar-refractivity contribution in [2.24, 2.45) is 0 Å². The maximum Gasteiger partial charge on any atom is 0.239 e. The minimum absolute atomic E-state index is 0.120. The summed E-state index contributed by atoms with van der Waals surface area (Å²) < 4.78 is 12.8. The highest BCUT2D eigenvalue weighted by molar-refractivity contribution is 6.33. The Labute approximate surface area is 128 Å². The molecule has 1 unspecified atom stereocenters. The molecule has 21 heavy (non-hydrogen) atoms. The van der Waals surface area contributed by atoms with Crippen molar-refractivity contribution in [3.05, 3.63) is 64.9 Å². The summed E-state index contributed by atoms with van der Waals surface area (Å²) in [7, 11) is 0. The zero-order chi connectivity index (χ0) is 15.2. The lowest BCUT2D eigenvalue weighted by Gasteiger charge is -2.15. The Hall–Kier alpha value is -2.07. The van der Waals surface area contributed by atoms with Crippen LogP contribution in [-0.4, -0.2) is 12.5 Å². The molecule has 5 heteroatoms. The van der Waals surface area contributed by atoms with E-state index in [1.807, 2.05) is 19.1 Å². The van der Waals surface area contributed by atoms with Gasteiger partial charge in [-0.25, -0.2) is 4.39 Å². The molecule has 0 aliphatic rings. The van der Waals surface area contributed by atoms with Crippen LogP contribution in [0.2, 0.25) is 5.02 Å². The highest BCUT2D eigenvalue weighted by atomic mass is 35.5. The largest absolute Gasteiger partial charge is 0.375 e. The molecule has 110 valence electrons. The average molecular weight is 307 g/mol. The molecule has 0 aliphatic heterocycles. The molecule has 0 bridgehead atoms. The van der Waals surface area contributed by atoms with E-state index in [4.69, 9.17) is 11.6 Å². The normalized spacial score (nSPS) is 11.8. The zero-order valence-corrected chi connectivity index (χ0v) is 12.3. The second kappa shape index (κ2) is 7.09. The monoisotopic (exact) mass is 306 g/mol. The van der Waals surface area contributed by atoms with Crippen LogP contribution >= 0.6 is 11.6 Å². The van der Waals surface area contributed by atoms with Gasteiger partial charge in [0.15, 0.2) is 0 Å². The van der Waals surface area contributed by atoms with Gasteiger partial charge in [0.1, 0.15) is 5.82 Å². The van der Waals surface area contributed by atoms with Gasteiger partial charge in [-0.3, -0.25) is 4.79 Å². The molecule has 2 aromatic carbocycles. The van der Waals surface area contributed by atoms with E-state index in [0.717, 1.165) is 5.56 Å². The van der Waals surface area contributed by atoms with E-state index in [9.17, 15) is 9.18 Å². The topological polar surface area (TPSA) is 41.1 Å². The van der Waals surface area contributed by atoms with Crippen LogP contribution in [0, 0.1) is 5.82 Å². The molecule has 2 rings (SSSR count). The summed E-state index contributed by atoms with van der Waals surface area (Å²) in [5.41, 5.74) is 1.56. The highest BCUT2D eigenvalue weighted by Gasteiger charge is 2.10. The lowest BCUT2D eigenvalue weighted by Crippen LogP contribution is -2.32. The fourth-order valence-corrected chi connectivity index (χ4v) is 2.11. The van der Waals surface area contributed by atoms with Gasteiger partial charge in [0, 0.05) is 0 Å². The van der Waals surface area contributed by atoms with E-state index in [0.29, 0.717) is 10.7 Å². The fraction of sp³-hybridized carbons (Fsp3) is 0.188. The minimum atomic E-state index is -0.294. The van der Waals surface area contributed by atoms with Gasteiger partial charge in [-0.2, -0.15) is 0 Å². The van der Waals surface area contributed by atoms with Gasteiger partial charge >= 0.3 is 0 Å². The van der Waals surface area contributed by atoms with Crippen LogP contribution in [0.15, 0.2) is 48.5 Å². The molecule has 0 saturated carbocycles. The van der Waals surface area contributed by atoms with Gasteiger partial charge in [0.25, 0.3) is 0 Å². The summed E-state index contributed by atoms with van der Waals surface area (Å²) in [6.45, 7) is 1.97. The number of rotatable bonds is 5. The number of carbonyl (C=O) groups excluding carboxylic acids is 1. The van der Waals surface area contributed by atoms with E-state index in [2.05, 4.69) is 10.6 Å². The molecule has 2 aromatic rings.